The minimum Gasteiger partial charge on any atom is -0.346 e. The van der Waals surface area contributed by atoms with Crippen molar-refractivity contribution in [1.82, 2.24) is 10.3 Å². The number of thiazole rings is 1. The van der Waals surface area contributed by atoms with Gasteiger partial charge in [-0.05, 0) is 55.5 Å². The molecule has 0 saturated heterocycles. The number of hydrogen-bond acceptors (Lipinski definition) is 5. The molecule has 2 aromatic carbocycles. The molecule has 132 valence electrons. The van der Waals surface area contributed by atoms with E-state index in [-0.39, 0.29) is 11.7 Å². The number of rotatable bonds is 6. The Kier molecular flexibility index (Phi) is 5.80. The van der Waals surface area contributed by atoms with Crippen LogP contribution in [0, 0.1) is 0 Å². The second-order valence-corrected chi connectivity index (χ2v) is 7.37. The Morgan fingerprint density at radius 1 is 1.04 bits per heavy atom. The van der Waals surface area contributed by atoms with Gasteiger partial charge >= 0.3 is 0 Å². The molecule has 3 rings (SSSR count). The third-order valence-electron chi connectivity index (χ3n) is 3.63. The van der Waals surface area contributed by atoms with Gasteiger partial charge in [-0.25, -0.2) is 4.98 Å². The predicted octanol–water partition coefficient (Wildman–Crippen LogP) is 4.78. The van der Waals surface area contributed by atoms with Gasteiger partial charge in [0.1, 0.15) is 0 Å². The summed E-state index contributed by atoms with van der Waals surface area (Å²) in [6, 6.07) is 14.4. The molecule has 0 aliphatic heterocycles. The summed E-state index contributed by atoms with van der Waals surface area (Å²) in [5, 5.41) is 8.68. The minimum absolute atomic E-state index is 0.0367. The van der Waals surface area contributed by atoms with E-state index in [1.54, 1.807) is 24.3 Å². The number of ketones is 1. The molecule has 7 heteroatoms. The van der Waals surface area contributed by atoms with Gasteiger partial charge in [-0.15, -0.1) is 11.3 Å². The van der Waals surface area contributed by atoms with E-state index in [2.05, 4.69) is 31.5 Å². The number of benzene rings is 2. The average Bonchev–Trinajstić information content (AvgIpc) is 3.08. The third-order valence-corrected chi connectivity index (χ3v) is 4.97. The fourth-order valence-electron chi connectivity index (χ4n) is 2.23. The summed E-state index contributed by atoms with van der Waals surface area (Å²) < 4.78 is 0.931. The lowest BCUT2D eigenvalue weighted by molar-refractivity contribution is 0.0949. The lowest BCUT2D eigenvalue weighted by Gasteiger charge is -2.04. The van der Waals surface area contributed by atoms with Gasteiger partial charge in [0, 0.05) is 26.7 Å². The Balaban J connectivity index is 1.56. The van der Waals surface area contributed by atoms with Crippen LogP contribution >= 0.6 is 27.3 Å². The molecule has 0 aliphatic carbocycles. The lowest BCUT2D eigenvalue weighted by atomic mass is 10.1. The molecular formula is C19H16BrN3O2S. The van der Waals surface area contributed by atoms with Crippen LogP contribution in [-0.2, 0) is 6.54 Å². The number of halogens is 1. The highest BCUT2D eigenvalue weighted by Gasteiger charge is 2.08. The van der Waals surface area contributed by atoms with Gasteiger partial charge in [-0.1, -0.05) is 15.9 Å². The minimum atomic E-state index is -0.139. The summed E-state index contributed by atoms with van der Waals surface area (Å²) in [6.07, 6.45) is 0. The Hall–Kier alpha value is -2.51. The number of nitrogens with zero attached hydrogens (tertiary/aromatic N) is 1. The second-order valence-electron chi connectivity index (χ2n) is 5.59. The molecule has 0 saturated carbocycles. The van der Waals surface area contributed by atoms with Crippen molar-refractivity contribution in [2.75, 3.05) is 5.32 Å². The molecule has 26 heavy (non-hydrogen) atoms. The average molecular weight is 430 g/mol. The molecule has 0 spiro atoms. The summed E-state index contributed by atoms with van der Waals surface area (Å²) in [6.45, 7) is 1.90. The van der Waals surface area contributed by atoms with Crippen LogP contribution in [0.25, 0.3) is 0 Å². The molecule has 0 atom stereocenters. The molecule has 5 nitrogen and oxygen atoms in total. The molecule has 1 aromatic heterocycles. The van der Waals surface area contributed by atoms with Crippen LogP contribution in [0.4, 0.5) is 10.8 Å². The first-order chi connectivity index (χ1) is 12.5. The molecular weight excluding hydrogens is 414 g/mol. The van der Waals surface area contributed by atoms with Crippen LogP contribution in [0.3, 0.4) is 0 Å². The maximum absolute atomic E-state index is 12.1. The zero-order valence-electron chi connectivity index (χ0n) is 14.0. The molecule has 0 unspecified atom stereocenters. The highest BCUT2D eigenvalue weighted by atomic mass is 79.9. The van der Waals surface area contributed by atoms with Gasteiger partial charge in [-0.2, -0.15) is 0 Å². The highest BCUT2D eigenvalue weighted by molar-refractivity contribution is 9.10. The van der Waals surface area contributed by atoms with Crippen LogP contribution in [0.2, 0.25) is 0 Å². The summed E-state index contributed by atoms with van der Waals surface area (Å²) in [7, 11) is 0. The van der Waals surface area contributed by atoms with E-state index < -0.39 is 0 Å². The molecule has 1 heterocycles. The number of anilines is 2. The molecule has 3 aromatic rings. The molecule has 1 amide bonds. The molecule has 0 aliphatic rings. The fourth-order valence-corrected chi connectivity index (χ4v) is 3.23. The summed E-state index contributed by atoms with van der Waals surface area (Å²) in [5.41, 5.74) is 2.91. The van der Waals surface area contributed by atoms with E-state index >= 15 is 0 Å². The van der Waals surface area contributed by atoms with Gasteiger partial charge in [0.25, 0.3) is 5.91 Å². The first kappa shape index (κ1) is 18.3. The number of Topliss-reactive ketones (excluding diaryl/α,β-unsaturated/α-hetero) is 1. The van der Waals surface area contributed by atoms with Gasteiger partial charge < -0.3 is 10.6 Å². The molecule has 0 radical (unpaired) electrons. The van der Waals surface area contributed by atoms with Crippen molar-refractivity contribution in [2.45, 2.75) is 13.5 Å². The van der Waals surface area contributed by atoms with Gasteiger partial charge in [0.15, 0.2) is 10.9 Å². The normalized spacial score (nSPS) is 10.4. The number of carbonyl (C=O) groups excluding carboxylic acids is 2. The van der Waals surface area contributed by atoms with E-state index in [0.717, 1.165) is 21.0 Å². The number of hydrogen-bond donors (Lipinski definition) is 2. The lowest BCUT2D eigenvalue weighted by Crippen LogP contribution is -2.22. The molecule has 0 bridgehead atoms. The molecule has 0 fully saturated rings. The summed E-state index contributed by atoms with van der Waals surface area (Å²) >= 11 is 4.80. The van der Waals surface area contributed by atoms with Crippen molar-refractivity contribution < 1.29 is 9.59 Å². The van der Waals surface area contributed by atoms with Crippen molar-refractivity contribution in [3.63, 3.8) is 0 Å². The van der Waals surface area contributed by atoms with E-state index in [4.69, 9.17) is 0 Å². The second kappa shape index (κ2) is 8.25. The fraction of sp³-hybridized carbons (Fsp3) is 0.105. The van der Waals surface area contributed by atoms with Crippen molar-refractivity contribution >= 4 is 49.8 Å². The standard InChI is InChI=1S/C19H16BrN3O2S/c1-12(24)13-4-8-16(9-5-13)22-19-23-17(11-26-19)10-21-18(25)14-2-6-15(20)7-3-14/h2-9,11H,10H2,1H3,(H,21,25)(H,22,23). The van der Waals surface area contributed by atoms with Crippen molar-refractivity contribution in [2.24, 2.45) is 0 Å². The topological polar surface area (TPSA) is 71.1 Å². The quantitative estimate of drug-likeness (QED) is 0.552. The van der Waals surface area contributed by atoms with Crippen LogP contribution in [-0.4, -0.2) is 16.7 Å². The summed E-state index contributed by atoms with van der Waals surface area (Å²) in [5.74, 6) is -0.102. The zero-order chi connectivity index (χ0) is 18.5. The van der Waals surface area contributed by atoms with Crippen molar-refractivity contribution in [3.05, 3.63) is 75.2 Å². The van der Waals surface area contributed by atoms with Crippen LogP contribution < -0.4 is 10.6 Å². The Morgan fingerprint density at radius 3 is 2.35 bits per heavy atom. The Labute approximate surface area is 163 Å². The largest absolute Gasteiger partial charge is 0.346 e. The number of aromatic nitrogens is 1. The van der Waals surface area contributed by atoms with Gasteiger partial charge in [0.05, 0.1) is 12.2 Å². The maximum atomic E-state index is 12.1. The zero-order valence-corrected chi connectivity index (χ0v) is 16.4. The van der Waals surface area contributed by atoms with Crippen LogP contribution in [0.1, 0.15) is 33.3 Å². The van der Waals surface area contributed by atoms with E-state index in [1.165, 1.54) is 18.3 Å². The van der Waals surface area contributed by atoms with Crippen LogP contribution in [0.5, 0.6) is 0 Å². The predicted molar refractivity (Wildman–Crippen MR) is 107 cm³/mol. The van der Waals surface area contributed by atoms with E-state index in [9.17, 15) is 9.59 Å². The number of nitrogens with one attached hydrogen (secondary N) is 2. The van der Waals surface area contributed by atoms with Crippen molar-refractivity contribution in [1.29, 1.82) is 0 Å². The summed E-state index contributed by atoms with van der Waals surface area (Å²) in [4.78, 5) is 27.9. The monoisotopic (exact) mass is 429 g/mol. The highest BCUT2D eigenvalue weighted by Crippen LogP contribution is 2.21. The third kappa shape index (κ3) is 4.77. The first-order valence-corrected chi connectivity index (χ1v) is 9.55. The van der Waals surface area contributed by atoms with E-state index in [0.29, 0.717) is 17.7 Å². The molecule has 2 N–H and O–H groups in total. The van der Waals surface area contributed by atoms with Crippen LogP contribution in [0.15, 0.2) is 58.4 Å². The Morgan fingerprint density at radius 2 is 1.69 bits per heavy atom. The van der Waals surface area contributed by atoms with Gasteiger partial charge in [-0.3, -0.25) is 9.59 Å². The maximum Gasteiger partial charge on any atom is 0.251 e. The smallest absolute Gasteiger partial charge is 0.251 e. The first-order valence-electron chi connectivity index (χ1n) is 7.87. The number of carbonyl (C=O) groups is 2. The van der Waals surface area contributed by atoms with Gasteiger partial charge in [0.2, 0.25) is 0 Å². The van der Waals surface area contributed by atoms with E-state index in [1.807, 2.05) is 29.6 Å². The SMILES string of the molecule is CC(=O)c1ccc(Nc2nc(CNC(=O)c3ccc(Br)cc3)cs2)cc1. The Bertz CT molecular complexity index is 921. The number of amides is 1. The van der Waals surface area contributed by atoms with Crippen molar-refractivity contribution in [3.8, 4) is 0 Å².